The van der Waals surface area contributed by atoms with Crippen molar-refractivity contribution in [3.8, 4) is 0 Å². The second-order valence-corrected chi connectivity index (χ2v) is 7.74. The van der Waals surface area contributed by atoms with Gasteiger partial charge in [0, 0.05) is 20.8 Å². The summed E-state index contributed by atoms with van der Waals surface area (Å²) in [5.41, 5.74) is 1.23. The number of hydrogen-bond acceptors (Lipinski definition) is 5. The maximum Gasteiger partial charge on any atom is 0.303 e. The van der Waals surface area contributed by atoms with E-state index >= 15 is 0 Å². The van der Waals surface area contributed by atoms with E-state index in [0.29, 0.717) is 0 Å². The van der Waals surface area contributed by atoms with Gasteiger partial charge in [-0.2, -0.15) is 0 Å². The highest BCUT2D eigenvalue weighted by Crippen LogP contribution is 2.09. The second-order valence-electron chi connectivity index (χ2n) is 7.74. The van der Waals surface area contributed by atoms with Gasteiger partial charge in [-0.3, -0.25) is 14.4 Å². The fraction of sp³-hybridized carbons (Fsp3) is 0.640. The summed E-state index contributed by atoms with van der Waals surface area (Å²) in [6, 6.07) is -0.640. The summed E-state index contributed by atoms with van der Waals surface area (Å²) in [4.78, 5) is 34.1. The Morgan fingerprint density at radius 1 is 0.871 bits per heavy atom. The van der Waals surface area contributed by atoms with E-state index in [4.69, 9.17) is 9.47 Å². The number of nitrogens with one attached hydrogen (secondary N) is 1. The van der Waals surface area contributed by atoms with Gasteiger partial charge in [0.25, 0.3) is 0 Å². The molecular weight excluding hydrogens is 394 g/mol. The predicted molar refractivity (Wildman–Crippen MR) is 124 cm³/mol. The molecule has 0 aromatic carbocycles. The van der Waals surface area contributed by atoms with Gasteiger partial charge in [0.2, 0.25) is 5.91 Å². The van der Waals surface area contributed by atoms with Crippen LogP contribution in [-0.2, 0) is 23.9 Å². The van der Waals surface area contributed by atoms with Crippen LogP contribution < -0.4 is 5.32 Å². The van der Waals surface area contributed by atoms with Gasteiger partial charge in [-0.1, -0.05) is 62.5 Å². The normalized spacial score (nSPS) is 13.9. The molecule has 1 N–H and O–H groups in total. The van der Waals surface area contributed by atoms with E-state index in [0.717, 1.165) is 19.3 Å². The molecule has 0 rings (SSSR count). The van der Waals surface area contributed by atoms with Crippen LogP contribution in [-0.4, -0.2) is 36.6 Å². The molecule has 0 aliphatic heterocycles. The third-order valence-corrected chi connectivity index (χ3v) is 4.53. The Morgan fingerprint density at radius 3 is 2.19 bits per heavy atom. The molecule has 0 aromatic heterocycles. The second kappa shape index (κ2) is 18.4. The average Bonchev–Trinajstić information content (AvgIpc) is 2.68. The van der Waals surface area contributed by atoms with Crippen molar-refractivity contribution in [1.82, 2.24) is 5.32 Å². The molecule has 176 valence electrons. The zero-order valence-corrected chi connectivity index (χ0v) is 19.9. The number of unbranched alkanes of at least 4 members (excludes halogenated alkanes) is 6. The molecule has 0 heterocycles. The lowest BCUT2D eigenvalue weighted by atomic mass is 10.1. The minimum absolute atomic E-state index is 0.0700. The third kappa shape index (κ3) is 18.1. The number of ether oxygens (including phenoxy) is 2. The van der Waals surface area contributed by atoms with E-state index in [-0.39, 0.29) is 12.5 Å². The molecule has 1 amide bonds. The summed E-state index contributed by atoms with van der Waals surface area (Å²) in [6.07, 6.45) is 18.7. The molecule has 6 heteroatoms. The first kappa shape index (κ1) is 28.6. The van der Waals surface area contributed by atoms with Crippen LogP contribution in [0.15, 0.2) is 36.0 Å². The van der Waals surface area contributed by atoms with E-state index in [2.05, 4.69) is 37.4 Å². The zero-order valence-electron chi connectivity index (χ0n) is 19.9. The van der Waals surface area contributed by atoms with Crippen molar-refractivity contribution in [3.05, 3.63) is 36.0 Å². The first-order valence-corrected chi connectivity index (χ1v) is 11.3. The topological polar surface area (TPSA) is 81.7 Å². The molecule has 31 heavy (non-hydrogen) atoms. The lowest BCUT2D eigenvalue weighted by Gasteiger charge is -2.24. The minimum Gasteiger partial charge on any atom is -0.464 e. The minimum atomic E-state index is -0.710. The van der Waals surface area contributed by atoms with E-state index in [1.807, 2.05) is 6.08 Å². The zero-order chi connectivity index (χ0) is 23.5. The number of amides is 1. The van der Waals surface area contributed by atoms with Gasteiger partial charge >= 0.3 is 11.9 Å². The highest BCUT2D eigenvalue weighted by atomic mass is 16.6. The highest BCUT2D eigenvalue weighted by molar-refractivity contribution is 5.73. The van der Waals surface area contributed by atoms with E-state index < -0.39 is 24.1 Å². The molecule has 6 nitrogen and oxygen atoms in total. The van der Waals surface area contributed by atoms with Crippen LogP contribution in [0.25, 0.3) is 0 Å². The van der Waals surface area contributed by atoms with Crippen LogP contribution in [0, 0.1) is 0 Å². The molecule has 0 aromatic rings. The summed E-state index contributed by atoms with van der Waals surface area (Å²) in [5, 5.41) is 2.68. The van der Waals surface area contributed by atoms with Crippen molar-refractivity contribution < 1.29 is 23.9 Å². The lowest BCUT2D eigenvalue weighted by Crippen LogP contribution is -2.46. The van der Waals surface area contributed by atoms with E-state index in [1.54, 1.807) is 6.08 Å². The van der Waals surface area contributed by atoms with Crippen LogP contribution in [0.2, 0.25) is 0 Å². The Hall–Kier alpha value is -2.37. The first-order chi connectivity index (χ1) is 14.8. The van der Waals surface area contributed by atoms with Crippen molar-refractivity contribution in [2.45, 2.75) is 98.1 Å². The number of carbonyl (C=O) groups is 3. The van der Waals surface area contributed by atoms with Gasteiger partial charge in [-0.05, 0) is 38.7 Å². The maximum absolute atomic E-state index is 11.5. The number of allylic oxidation sites excluding steroid dienone is 5. The van der Waals surface area contributed by atoms with Gasteiger partial charge in [-0.25, -0.2) is 0 Å². The Bertz CT molecular complexity index is 621. The largest absolute Gasteiger partial charge is 0.464 e. The van der Waals surface area contributed by atoms with Crippen LogP contribution in [0.1, 0.15) is 86.0 Å². The number of rotatable bonds is 16. The van der Waals surface area contributed by atoms with Crippen LogP contribution >= 0.6 is 0 Å². The molecule has 0 aliphatic carbocycles. The summed E-state index contributed by atoms with van der Waals surface area (Å²) in [7, 11) is 0. The molecular formula is C25H41NO5. The van der Waals surface area contributed by atoms with E-state index in [9.17, 15) is 14.4 Å². The van der Waals surface area contributed by atoms with Crippen molar-refractivity contribution in [1.29, 1.82) is 0 Å². The fourth-order valence-electron chi connectivity index (χ4n) is 2.97. The molecule has 0 unspecified atom stereocenters. The van der Waals surface area contributed by atoms with Crippen molar-refractivity contribution in [2.24, 2.45) is 0 Å². The van der Waals surface area contributed by atoms with Gasteiger partial charge in [-0.15, -0.1) is 0 Å². The molecule has 0 bridgehead atoms. The lowest BCUT2D eigenvalue weighted by molar-refractivity contribution is -0.149. The average molecular weight is 436 g/mol. The molecule has 0 saturated carbocycles. The summed E-state index contributed by atoms with van der Waals surface area (Å²) < 4.78 is 10.3. The summed E-state index contributed by atoms with van der Waals surface area (Å²) >= 11 is 0. The number of esters is 2. The van der Waals surface area contributed by atoms with Gasteiger partial charge in [0.15, 0.2) is 0 Å². The Morgan fingerprint density at radius 2 is 1.58 bits per heavy atom. The summed E-state index contributed by atoms with van der Waals surface area (Å²) in [6.45, 7) is 8.20. The van der Waals surface area contributed by atoms with Gasteiger partial charge in [0.1, 0.15) is 18.8 Å². The number of hydrogen-bond donors (Lipinski definition) is 1. The first-order valence-electron chi connectivity index (χ1n) is 11.3. The molecule has 2 atom stereocenters. The Balaban J connectivity index is 4.62. The highest BCUT2D eigenvalue weighted by Gasteiger charge is 2.24. The molecule has 0 fully saturated rings. The molecule has 0 saturated heterocycles. The summed E-state index contributed by atoms with van der Waals surface area (Å²) in [5.74, 6) is -1.22. The van der Waals surface area contributed by atoms with Crippen LogP contribution in [0.3, 0.4) is 0 Å². The fourth-order valence-corrected chi connectivity index (χ4v) is 2.97. The standard InChI is InChI=1S/C25H41NO5/c1-6-7-8-9-10-11-13-16-20(2)17-14-12-15-18-25(31-23(5)29)24(26-21(3)27)19-30-22(4)28/h13,15-18,24-25H,6-12,14,19H2,1-5H3,(H,26,27)/b16-13+,18-15+,20-17+/t24-,25+/m0/s1. The van der Waals surface area contributed by atoms with Crippen molar-refractivity contribution in [2.75, 3.05) is 6.61 Å². The Labute approximate surface area is 188 Å². The van der Waals surface area contributed by atoms with Gasteiger partial charge < -0.3 is 14.8 Å². The van der Waals surface area contributed by atoms with Crippen LogP contribution in [0.4, 0.5) is 0 Å². The smallest absolute Gasteiger partial charge is 0.303 e. The van der Waals surface area contributed by atoms with Gasteiger partial charge in [0.05, 0.1) is 0 Å². The number of carbonyl (C=O) groups excluding carboxylic acids is 3. The van der Waals surface area contributed by atoms with Crippen molar-refractivity contribution >= 4 is 17.8 Å². The van der Waals surface area contributed by atoms with Crippen LogP contribution in [0.5, 0.6) is 0 Å². The maximum atomic E-state index is 11.5. The SMILES string of the molecule is CCCCCCC/C=C/C(C)=C/CC/C=C/[C@@H](OC(C)=O)[C@H](COC(C)=O)NC(C)=O. The Kier molecular flexibility index (Phi) is 17.0. The molecule has 0 radical (unpaired) electrons. The molecule has 0 aliphatic rings. The molecule has 0 spiro atoms. The van der Waals surface area contributed by atoms with Crippen molar-refractivity contribution in [3.63, 3.8) is 0 Å². The predicted octanol–water partition coefficient (Wildman–Crippen LogP) is 5.19. The monoisotopic (exact) mass is 435 g/mol. The third-order valence-electron chi connectivity index (χ3n) is 4.53. The quantitative estimate of drug-likeness (QED) is 0.156. The van der Waals surface area contributed by atoms with E-state index in [1.165, 1.54) is 58.4 Å².